The van der Waals surface area contributed by atoms with E-state index < -0.39 is 27.0 Å². The number of hydrogen-bond donors (Lipinski definition) is 1. The Morgan fingerprint density at radius 1 is 0.636 bits per heavy atom. The van der Waals surface area contributed by atoms with Gasteiger partial charge in [-0.15, -0.1) is 0 Å². The van der Waals surface area contributed by atoms with Crippen molar-refractivity contribution in [3.63, 3.8) is 0 Å². The molecule has 0 fully saturated rings. The topological polar surface area (TPSA) is 177 Å². The lowest BCUT2D eigenvalue weighted by Crippen LogP contribution is -2.23. The Morgan fingerprint density at radius 2 is 1.20 bits per heavy atom. The first-order valence-electron chi connectivity index (χ1n) is 16.2. The summed E-state index contributed by atoms with van der Waals surface area (Å²) in [5.41, 5.74) is 2.68. The van der Waals surface area contributed by atoms with Gasteiger partial charge in [-0.25, -0.2) is 28.7 Å². The second-order valence-corrected chi connectivity index (χ2v) is 13.6. The zero-order chi connectivity index (χ0) is 39.4. The summed E-state index contributed by atoms with van der Waals surface area (Å²) >= 11 is 6.82. The van der Waals surface area contributed by atoms with Crippen LogP contribution < -0.4 is 11.4 Å². The zero-order valence-corrected chi connectivity index (χ0v) is 31.9. The van der Waals surface area contributed by atoms with E-state index >= 15 is 0 Å². The van der Waals surface area contributed by atoms with Gasteiger partial charge in [0.2, 0.25) is 5.82 Å². The van der Waals surface area contributed by atoms with Gasteiger partial charge in [0.15, 0.2) is 0 Å². The first-order chi connectivity index (χ1) is 26.4. The number of aryl methyl sites for hydroxylation is 2. The quantitative estimate of drug-likeness (QED) is 0.132. The van der Waals surface area contributed by atoms with Crippen molar-refractivity contribution in [3.05, 3.63) is 189 Å². The average Bonchev–Trinajstić information content (AvgIpc) is 3.63. The maximum Gasteiger partial charge on any atom is 0.339 e. The molecule has 4 heterocycles. The number of benzene rings is 4. The van der Waals surface area contributed by atoms with Crippen LogP contribution in [0.2, 0.25) is 0 Å². The molecule has 0 atom stereocenters. The van der Waals surface area contributed by atoms with Crippen molar-refractivity contribution in [3.8, 4) is 17.3 Å². The Labute approximate surface area is 326 Å². The van der Waals surface area contributed by atoms with Crippen molar-refractivity contribution in [1.29, 1.82) is 0 Å². The van der Waals surface area contributed by atoms with Gasteiger partial charge in [-0.1, -0.05) is 68.3 Å². The number of nitro benzene ring substituents is 2. The minimum Gasteiger partial charge on any atom is -0.305 e. The van der Waals surface area contributed by atoms with Crippen LogP contribution in [0.25, 0.3) is 39.4 Å². The number of aromatic amines is 1. The normalized spacial score (nSPS) is 10.7. The highest BCUT2D eigenvalue weighted by atomic mass is 79.9. The van der Waals surface area contributed by atoms with Crippen LogP contribution in [0, 0.1) is 39.9 Å². The minimum absolute atomic E-state index is 0.0948. The van der Waals surface area contributed by atoms with E-state index in [-0.39, 0.29) is 17.1 Å². The number of hydrogen-bond acceptors (Lipinski definition) is 8. The molecular weight excluding hydrogens is 843 g/mol. The zero-order valence-electron chi connectivity index (χ0n) is 28.8. The highest BCUT2D eigenvalue weighted by Gasteiger charge is 2.24. The number of halogens is 3. The first-order valence-corrected chi connectivity index (χ1v) is 17.8. The van der Waals surface area contributed by atoms with Crippen molar-refractivity contribution >= 4 is 65.3 Å². The predicted molar refractivity (Wildman–Crippen MR) is 213 cm³/mol. The van der Waals surface area contributed by atoms with Crippen LogP contribution in [0.15, 0.2) is 140 Å². The van der Waals surface area contributed by atoms with Gasteiger partial charge in [0.05, 0.1) is 31.9 Å². The molecule has 0 saturated carbocycles. The van der Waals surface area contributed by atoms with E-state index in [0.717, 1.165) is 26.0 Å². The fourth-order valence-electron chi connectivity index (χ4n) is 5.82. The monoisotopic (exact) mass is 868 g/mol. The highest BCUT2D eigenvalue weighted by molar-refractivity contribution is 9.10. The van der Waals surface area contributed by atoms with Gasteiger partial charge < -0.3 is 4.98 Å². The third-order valence-electron chi connectivity index (χ3n) is 8.22. The van der Waals surface area contributed by atoms with Gasteiger partial charge in [0, 0.05) is 32.5 Å². The average molecular weight is 870 g/mol. The number of H-pyrrole nitrogens is 1. The fraction of sp³-hybridized carbons (Fsp3) is 0.0526. The summed E-state index contributed by atoms with van der Waals surface area (Å²) in [6, 6.07) is 30.7. The summed E-state index contributed by atoms with van der Waals surface area (Å²) in [6.07, 6.45) is 3.26. The van der Waals surface area contributed by atoms with Crippen LogP contribution >= 0.6 is 31.9 Å². The molecule has 0 radical (unpaired) electrons. The second kappa shape index (κ2) is 16.2. The molecule has 4 aromatic heterocycles. The molecule has 17 heteroatoms. The van der Waals surface area contributed by atoms with Crippen LogP contribution in [-0.2, 0) is 0 Å². The van der Waals surface area contributed by atoms with Crippen molar-refractivity contribution in [2.75, 3.05) is 0 Å². The van der Waals surface area contributed by atoms with Crippen LogP contribution in [0.1, 0.15) is 11.1 Å². The van der Waals surface area contributed by atoms with E-state index in [0.29, 0.717) is 33.8 Å². The lowest BCUT2D eigenvalue weighted by Gasteiger charge is -2.06. The first kappa shape index (κ1) is 38.1. The predicted octanol–water partition coefficient (Wildman–Crippen LogP) is 8.67. The molecule has 0 bridgehead atoms. The summed E-state index contributed by atoms with van der Waals surface area (Å²) in [7, 11) is 0. The van der Waals surface area contributed by atoms with Crippen LogP contribution in [-0.4, -0.2) is 38.5 Å². The van der Waals surface area contributed by atoms with Crippen LogP contribution in [0.4, 0.5) is 15.8 Å². The van der Waals surface area contributed by atoms with Crippen molar-refractivity contribution in [2.45, 2.75) is 13.8 Å². The number of nitro groups is 2. The van der Waals surface area contributed by atoms with Crippen LogP contribution in [0.3, 0.4) is 0 Å². The minimum atomic E-state index is -0.782. The van der Waals surface area contributed by atoms with E-state index in [1.807, 2.05) is 30.3 Å². The molecule has 0 aliphatic carbocycles. The standard InChI is InChI=1S/C19H13BrN4O3.C12H8BrN3O.C7H6FNO2/c1-12-5-4-6-15(18(12)24(26)27)22-14-9-8-13(20)11-16(14)23(19(22)25)17-7-2-3-10-21-17;13-8-4-5-9-10(7-8)16(12(17)15-9)11-3-1-2-6-14-11;1-5-3-2-4-6(8)7(5)9(10)11/h2-11H,1H3;1-7H,(H,15,17);2-4H,1H3. The molecule has 4 aromatic carbocycles. The molecule has 0 unspecified atom stereocenters. The lowest BCUT2D eigenvalue weighted by molar-refractivity contribution is -0.388. The van der Waals surface area contributed by atoms with Crippen molar-refractivity contribution in [2.24, 2.45) is 0 Å². The van der Waals surface area contributed by atoms with Crippen molar-refractivity contribution < 1.29 is 14.2 Å². The second-order valence-electron chi connectivity index (χ2n) is 11.8. The molecule has 8 aromatic rings. The molecule has 0 saturated heterocycles. The Morgan fingerprint density at radius 3 is 1.76 bits per heavy atom. The SMILES string of the molecule is Cc1cccc(-n2c(=O)n(-c3ccccn3)c3cc(Br)ccc32)c1[N+](=O)[O-].Cc1cccc(F)c1[N+](=O)[O-].O=c1[nH]c2ccc(Br)cc2n1-c1ccccn1. The Bertz CT molecular complexity index is 2820. The summed E-state index contributed by atoms with van der Waals surface area (Å²) in [5, 5.41) is 21.9. The van der Waals surface area contributed by atoms with Crippen molar-refractivity contribution in [1.82, 2.24) is 28.7 Å². The molecule has 0 amide bonds. The lowest BCUT2D eigenvalue weighted by atomic mass is 10.1. The number of nitrogens with zero attached hydrogens (tertiary/aromatic N) is 7. The highest BCUT2D eigenvalue weighted by Crippen LogP contribution is 2.30. The van der Waals surface area contributed by atoms with Crippen LogP contribution in [0.5, 0.6) is 0 Å². The van der Waals surface area contributed by atoms with E-state index in [4.69, 9.17) is 0 Å². The molecule has 55 heavy (non-hydrogen) atoms. The van der Waals surface area contributed by atoms with Gasteiger partial charge in [0.25, 0.3) is 5.69 Å². The van der Waals surface area contributed by atoms with Gasteiger partial charge in [-0.3, -0.25) is 24.8 Å². The smallest absolute Gasteiger partial charge is 0.305 e. The Kier molecular flexibility index (Phi) is 11.2. The molecule has 0 spiro atoms. The molecule has 276 valence electrons. The molecule has 0 aliphatic heterocycles. The fourth-order valence-corrected chi connectivity index (χ4v) is 6.51. The van der Waals surface area contributed by atoms with E-state index in [1.54, 1.807) is 84.5 Å². The third-order valence-corrected chi connectivity index (χ3v) is 9.20. The van der Waals surface area contributed by atoms with E-state index in [1.165, 1.54) is 28.2 Å². The summed E-state index contributed by atoms with van der Waals surface area (Å²) < 4.78 is 18.7. The largest absolute Gasteiger partial charge is 0.339 e. The number of para-hydroxylation sites is 2. The van der Waals surface area contributed by atoms with Gasteiger partial charge >= 0.3 is 17.1 Å². The molecular formula is C38H27Br2FN8O6. The number of nitrogens with one attached hydrogen (secondary N) is 1. The maximum atomic E-state index is 13.3. The molecule has 14 nitrogen and oxygen atoms in total. The Hall–Kier alpha value is -6.59. The molecule has 0 aliphatic rings. The summed E-state index contributed by atoms with van der Waals surface area (Å²) in [4.78, 5) is 57.2. The Balaban J connectivity index is 0.000000156. The number of rotatable bonds is 5. The number of fused-ring (bicyclic) bond motifs is 2. The number of imidazole rings is 2. The number of pyridine rings is 2. The van der Waals surface area contributed by atoms with Gasteiger partial charge in [-0.2, -0.15) is 4.39 Å². The maximum absolute atomic E-state index is 13.3. The van der Waals surface area contributed by atoms with Gasteiger partial charge in [0.1, 0.15) is 17.3 Å². The van der Waals surface area contributed by atoms with E-state index in [9.17, 15) is 34.2 Å². The summed E-state index contributed by atoms with van der Waals surface area (Å²) in [5.74, 6) is 0.275. The molecule has 8 rings (SSSR count). The summed E-state index contributed by atoms with van der Waals surface area (Å²) in [6.45, 7) is 3.16. The van der Waals surface area contributed by atoms with Gasteiger partial charge in [-0.05, 0) is 86.6 Å². The number of aromatic nitrogens is 6. The molecule has 1 N–H and O–H groups in total. The van der Waals surface area contributed by atoms with E-state index in [2.05, 4.69) is 46.8 Å². The third kappa shape index (κ3) is 7.88.